The van der Waals surface area contributed by atoms with E-state index in [1.165, 1.54) is 25.7 Å². The molecule has 1 aliphatic heterocycles. The van der Waals surface area contributed by atoms with Gasteiger partial charge in [0.15, 0.2) is 0 Å². The molecule has 0 bridgehead atoms. The molecule has 0 aromatic heterocycles. The molecule has 0 saturated heterocycles. The lowest BCUT2D eigenvalue weighted by atomic mass is 10.1. The molecular formula is C17H24BrNO2. The van der Waals surface area contributed by atoms with Gasteiger partial charge in [0.1, 0.15) is 11.9 Å². The standard InChI is InChI=1S/C17H24BrNO2/c1-2-3-4-5-6-11-20-15-9-7-14(8-10-15)17-12-16(13-18)21-19-17/h7-10,16H,2-6,11-13H2,1H3. The van der Waals surface area contributed by atoms with E-state index < -0.39 is 0 Å². The molecule has 1 aromatic rings. The van der Waals surface area contributed by atoms with E-state index >= 15 is 0 Å². The molecule has 116 valence electrons. The van der Waals surface area contributed by atoms with Crippen molar-refractivity contribution in [2.75, 3.05) is 11.9 Å². The number of halogens is 1. The van der Waals surface area contributed by atoms with Crippen molar-refractivity contribution in [3.8, 4) is 5.75 Å². The molecule has 3 nitrogen and oxygen atoms in total. The van der Waals surface area contributed by atoms with E-state index in [0.29, 0.717) is 0 Å². The van der Waals surface area contributed by atoms with Crippen LogP contribution in [0.2, 0.25) is 0 Å². The molecule has 0 spiro atoms. The Morgan fingerprint density at radius 3 is 2.62 bits per heavy atom. The Labute approximate surface area is 135 Å². The maximum Gasteiger partial charge on any atom is 0.142 e. The first-order chi connectivity index (χ1) is 10.3. The van der Waals surface area contributed by atoms with Gasteiger partial charge in [-0.25, -0.2) is 0 Å². The van der Waals surface area contributed by atoms with Gasteiger partial charge < -0.3 is 9.57 Å². The molecular weight excluding hydrogens is 330 g/mol. The summed E-state index contributed by atoms with van der Waals surface area (Å²) in [5, 5.41) is 4.96. The van der Waals surface area contributed by atoms with Crippen molar-refractivity contribution in [1.82, 2.24) is 0 Å². The average molecular weight is 354 g/mol. The van der Waals surface area contributed by atoms with Crippen LogP contribution in [0.5, 0.6) is 5.75 Å². The minimum atomic E-state index is 0.166. The van der Waals surface area contributed by atoms with Crippen LogP contribution in [0.4, 0.5) is 0 Å². The summed E-state index contributed by atoms with van der Waals surface area (Å²) < 4.78 is 5.77. The lowest BCUT2D eigenvalue weighted by molar-refractivity contribution is 0.104. The zero-order chi connectivity index (χ0) is 14.9. The van der Waals surface area contributed by atoms with Gasteiger partial charge in [0.25, 0.3) is 0 Å². The second-order valence-corrected chi connectivity index (χ2v) is 6.06. The molecule has 1 atom stereocenters. The van der Waals surface area contributed by atoms with Crippen molar-refractivity contribution in [3.63, 3.8) is 0 Å². The fraction of sp³-hybridized carbons (Fsp3) is 0.588. The van der Waals surface area contributed by atoms with Crippen LogP contribution in [-0.4, -0.2) is 23.8 Å². The van der Waals surface area contributed by atoms with E-state index in [-0.39, 0.29) is 6.10 Å². The summed E-state index contributed by atoms with van der Waals surface area (Å²) in [6.45, 7) is 3.04. The molecule has 4 heteroatoms. The number of benzene rings is 1. The summed E-state index contributed by atoms with van der Waals surface area (Å²) in [4.78, 5) is 5.32. The number of hydrogen-bond acceptors (Lipinski definition) is 3. The zero-order valence-corrected chi connectivity index (χ0v) is 14.3. The third-order valence-electron chi connectivity index (χ3n) is 3.61. The molecule has 1 heterocycles. The van der Waals surface area contributed by atoms with Gasteiger partial charge in [-0.15, -0.1) is 0 Å². The van der Waals surface area contributed by atoms with Crippen LogP contribution in [0, 0.1) is 0 Å². The first-order valence-corrected chi connectivity index (χ1v) is 8.97. The molecule has 21 heavy (non-hydrogen) atoms. The van der Waals surface area contributed by atoms with Crippen LogP contribution in [-0.2, 0) is 4.84 Å². The van der Waals surface area contributed by atoms with E-state index in [0.717, 1.165) is 41.8 Å². The Balaban J connectivity index is 1.72. The predicted octanol–water partition coefficient (Wildman–Crippen LogP) is 4.92. The lowest BCUT2D eigenvalue weighted by Crippen LogP contribution is -2.09. The number of unbranched alkanes of at least 4 members (excludes halogenated alkanes) is 4. The molecule has 1 aliphatic rings. The summed E-state index contributed by atoms with van der Waals surface area (Å²) in [5.41, 5.74) is 2.14. The van der Waals surface area contributed by atoms with Crippen molar-refractivity contribution in [1.29, 1.82) is 0 Å². The highest BCUT2D eigenvalue weighted by molar-refractivity contribution is 9.09. The van der Waals surface area contributed by atoms with Gasteiger partial charge >= 0.3 is 0 Å². The van der Waals surface area contributed by atoms with Gasteiger partial charge in [0.05, 0.1) is 12.3 Å². The summed E-state index contributed by atoms with van der Waals surface area (Å²) in [5.74, 6) is 0.936. The summed E-state index contributed by atoms with van der Waals surface area (Å²) in [6.07, 6.45) is 7.35. The number of alkyl halides is 1. The first-order valence-electron chi connectivity index (χ1n) is 7.85. The number of rotatable bonds is 9. The maximum atomic E-state index is 5.77. The fourth-order valence-electron chi connectivity index (χ4n) is 2.32. The lowest BCUT2D eigenvalue weighted by Gasteiger charge is -2.07. The Kier molecular flexibility index (Phi) is 7.07. The van der Waals surface area contributed by atoms with Gasteiger partial charge in [-0.1, -0.05) is 53.7 Å². The summed E-state index contributed by atoms with van der Waals surface area (Å²) in [7, 11) is 0. The highest BCUT2D eigenvalue weighted by Crippen LogP contribution is 2.20. The van der Waals surface area contributed by atoms with Crippen molar-refractivity contribution in [3.05, 3.63) is 29.8 Å². The van der Waals surface area contributed by atoms with Crippen molar-refractivity contribution in [2.45, 2.75) is 51.6 Å². The number of nitrogens with zero attached hydrogens (tertiary/aromatic N) is 1. The molecule has 0 fully saturated rings. The predicted molar refractivity (Wildman–Crippen MR) is 90.5 cm³/mol. The van der Waals surface area contributed by atoms with Crippen molar-refractivity contribution in [2.24, 2.45) is 5.16 Å². The first kappa shape index (κ1) is 16.3. The van der Waals surface area contributed by atoms with Gasteiger partial charge in [0, 0.05) is 11.8 Å². The van der Waals surface area contributed by atoms with Crippen LogP contribution in [0.1, 0.15) is 51.0 Å². The summed E-state index contributed by atoms with van der Waals surface area (Å²) in [6, 6.07) is 8.16. The van der Waals surface area contributed by atoms with E-state index in [1.807, 2.05) is 12.1 Å². The Morgan fingerprint density at radius 1 is 1.19 bits per heavy atom. The Bertz CT molecular complexity index is 445. The Hall–Kier alpha value is -1.03. The molecule has 0 radical (unpaired) electrons. The molecule has 2 rings (SSSR count). The molecule has 0 saturated carbocycles. The number of oxime groups is 1. The van der Waals surface area contributed by atoms with Gasteiger partial charge in [-0.2, -0.15) is 0 Å². The van der Waals surface area contributed by atoms with Gasteiger partial charge in [-0.05, 0) is 36.2 Å². The van der Waals surface area contributed by atoms with Crippen LogP contribution in [0.3, 0.4) is 0 Å². The monoisotopic (exact) mass is 353 g/mol. The smallest absolute Gasteiger partial charge is 0.142 e. The third kappa shape index (κ3) is 5.34. The fourth-order valence-corrected chi connectivity index (χ4v) is 2.67. The SMILES string of the molecule is CCCCCCCOc1ccc(C2=NOC(CBr)C2)cc1. The summed E-state index contributed by atoms with van der Waals surface area (Å²) >= 11 is 3.42. The highest BCUT2D eigenvalue weighted by atomic mass is 79.9. The van der Waals surface area contributed by atoms with E-state index in [2.05, 4.69) is 40.1 Å². The van der Waals surface area contributed by atoms with Gasteiger partial charge in [-0.3, -0.25) is 0 Å². The van der Waals surface area contributed by atoms with E-state index in [1.54, 1.807) is 0 Å². The molecule has 0 amide bonds. The Morgan fingerprint density at radius 2 is 1.95 bits per heavy atom. The third-order valence-corrected chi connectivity index (χ3v) is 4.33. The topological polar surface area (TPSA) is 30.8 Å². The van der Waals surface area contributed by atoms with Crippen LogP contribution in [0.15, 0.2) is 29.4 Å². The molecule has 0 N–H and O–H groups in total. The van der Waals surface area contributed by atoms with Gasteiger partial charge in [0.2, 0.25) is 0 Å². The number of hydrogen-bond donors (Lipinski definition) is 0. The number of ether oxygens (including phenoxy) is 1. The zero-order valence-electron chi connectivity index (χ0n) is 12.7. The minimum absolute atomic E-state index is 0.166. The molecule has 1 aromatic carbocycles. The minimum Gasteiger partial charge on any atom is -0.494 e. The normalized spacial score (nSPS) is 17.4. The average Bonchev–Trinajstić information content (AvgIpc) is 3.00. The van der Waals surface area contributed by atoms with Crippen LogP contribution < -0.4 is 4.74 Å². The highest BCUT2D eigenvalue weighted by Gasteiger charge is 2.20. The largest absolute Gasteiger partial charge is 0.494 e. The quantitative estimate of drug-likeness (QED) is 0.465. The maximum absolute atomic E-state index is 5.77. The van der Waals surface area contributed by atoms with Crippen molar-refractivity contribution >= 4 is 21.6 Å². The van der Waals surface area contributed by atoms with Crippen LogP contribution >= 0.6 is 15.9 Å². The van der Waals surface area contributed by atoms with E-state index in [4.69, 9.17) is 9.57 Å². The second kappa shape index (κ2) is 9.08. The molecule has 1 unspecified atom stereocenters. The second-order valence-electron chi connectivity index (χ2n) is 5.41. The van der Waals surface area contributed by atoms with Crippen LogP contribution in [0.25, 0.3) is 0 Å². The van der Waals surface area contributed by atoms with Crippen molar-refractivity contribution < 1.29 is 9.57 Å². The van der Waals surface area contributed by atoms with E-state index in [9.17, 15) is 0 Å². The molecule has 0 aliphatic carbocycles.